The van der Waals surface area contributed by atoms with Crippen LogP contribution < -0.4 is 10.3 Å². The molecule has 0 radical (unpaired) electrons. The molecule has 30 heavy (non-hydrogen) atoms. The predicted octanol–water partition coefficient (Wildman–Crippen LogP) is 3.13. The van der Waals surface area contributed by atoms with Crippen molar-refractivity contribution in [3.8, 4) is 11.4 Å². The largest absolute Gasteiger partial charge is 0.490 e. The lowest BCUT2D eigenvalue weighted by Crippen LogP contribution is -2.30. The molecule has 1 aliphatic rings. The molecule has 1 heterocycles. The fourth-order valence-electron chi connectivity index (χ4n) is 3.54. The number of carbonyl (C=O) groups excluding carboxylic acids is 1. The summed E-state index contributed by atoms with van der Waals surface area (Å²) in [6.07, 6.45) is 5.47. The van der Waals surface area contributed by atoms with Gasteiger partial charge in [0.25, 0.3) is 5.56 Å². The van der Waals surface area contributed by atoms with Crippen LogP contribution in [0.2, 0.25) is 0 Å². The van der Waals surface area contributed by atoms with E-state index < -0.39 is 9.84 Å². The second-order valence-electron chi connectivity index (χ2n) is 7.91. The third kappa shape index (κ3) is 5.50. The Bertz CT molecular complexity index is 1050. The number of hydrogen-bond donors (Lipinski definition) is 0. The van der Waals surface area contributed by atoms with Crippen LogP contribution in [0.15, 0.2) is 52.3 Å². The molecule has 8 heteroatoms. The smallest absolute Gasteiger partial charge is 0.309 e. The molecule has 0 spiro atoms. The van der Waals surface area contributed by atoms with E-state index in [1.54, 1.807) is 24.4 Å². The molecule has 0 aliphatic heterocycles. The fraction of sp³-hybridized carbons (Fsp3) is 0.455. The summed E-state index contributed by atoms with van der Waals surface area (Å²) in [5.74, 6) is 0.250. The molecule has 1 fully saturated rings. The van der Waals surface area contributed by atoms with Crippen molar-refractivity contribution in [3.63, 3.8) is 0 Å². The number of benzene rings is 1. The van der Waals surface area contributed by atoms with Gasteiger partial charge in [-0.05, 0) is 69.9 Å². The zero-order valence-electron chi connectivity index (χ0n) is 17.4. The van der Waals surface area contributed by atoms with Crippen molar-refractivity contribution in [2.75, 3.05) is 6.26 Å². The molecule has 1 aromatic heterocycles. The minimum atomic E-state index is -3.29. The lowest BCUT2D eigenvalue weighted by Gasteiger charge is -2.28. The first kappa shape index (κ1) is 22.1. The Morgan fingerprint density at radius 2 is 1.70 bits per heavy atom. The molecule has 0 N–H and O–H groups in total. The molecule has 2 aromatic rings. The average molecular weight is 434 g/mol. The van der Waals surface area contributed by atoms with E-state index in [2.05, 4.69) is 0 Å². The Balaban J connectivity index is 1.63. The Morgan fingerprint density at radius 3 is 2.23 bits per heavy atom. The van der Waals surface area contributed by atoms with Gasteiger partial charge in [-0.2, -0.15) is 0 Å². The van der Waals surface area contributed by atoms with Gasteiger partial charge in [0.05, 0.1) is 23.0 Å². The highest BCUT2D eigenvalue weighted by Gasteiger charge is 2.28. The van der Waals surface area contributed by atoms with Crippen LogP contribution in [-0.4, -0.2) is 37.4 Å². The van der Waals surface area contributed by atoms with Crippen LogP contribution in [0.25, 0.3) is 5.69 Å². The number of esters is 1. The van der Waals surface area contributed by atoms with Crippen LogP contribution >= 0.6 is 0 Å². The molecule has 3 rings (SSSR count). The Hall–Kier alpha value is -2.61. The summed E-state index contributed by atoms with van der Waals surface area (Å²) >= 11 is 0. The maximum atomic E-state index is 12.5. The summed E-state index contributed by atoms with van der Waals surface area (Å²) in [4.78, 5) is 24.7. The Morgan fingerprint density at radius 1 is 1.07 bits per heavy atom. The third-order valence-corrected chi connectivity index (χ3v) is 6.22. The van der Waals surface area contributed by atoms with E-state index in [1.807, 2.05) is 13.8 Å². The van der Waals surface area contributed by atoms with Crippen LogP contribution in [0, 0.1) is 5.92 Å². The number of pyridine rings is 1. The van der Waals surface area contributed by atoms with E-state index in [4.69, 9.17) is 9.47 Å². The predicted molar refractivity (Wildman–Crippen MR) is 113 cm³/mol. The van der Waals surface area contributed by atoms with Gasteiger partial charge in [0.1, 0.15) is 5.75 Å². The van der Waals surface area contributed by atoms with Gasteiger partial charge < -0.3 is 9.47 Å². The number of aromatic nitrogens is 1. The minimum Gasteiger partial charge on any atom is -0.490 e. The van der Waals surface area contributed by atoms with E-state index in [9.17, 15) is 18.0 Å². The third-order valence-electron chi connectivity index (χ3n) is 5.10. The topological polar surface area (TPSA) is 91.7 Å². The maximum absolute atomic E-state index is 12.5. The monoisotopic (exact) mass is 433 g/mol. The zero-order chi connectivity index (χ0) is 21.9. The summed E-state index contributed by atoms with van der Waals surface area (Å²) in [5, 5.41) is 0. The summed E-state index contributed by atoms with van der Waals surface area (Å²) in [5.41, 5.74) is 0.303. The summed E-state index contributed by atoms with van der Waals surface area (Å²) in [7, 11) is -3.29. The van der Waals surface area contributed by atoms with Crippen LogP contribution in [0.4, 0.5) is 0 Å². The highest BCUT2D eigenvalue weighted by molar-refractivity contribution is 7.90. The first-order chi connectivity index (χ1) is 14.1. The maximum Gasteiger partial charge on any atom is 0.309 e. The number of sulfone groups is 1. The fourth-order valence-corrected chi connectivity index (χ4v) is 4.17. The molecule has 0 amide bonds. The van der Waals surface area contributed by atoms with Gasteiger partial charge in [-0.3, -0.25) is 14.2 Å². The standard InChI is InChI=1S/C22H27NO6S/c1-15(2)28-22(25)16-4-8-18(9-5-16)29-19-12-13-23(21(24)14-19)17-6-10-20(11-7-17)30(3,26)27/h6-7,10-16,18H,4-5,8-9H2,1-3H3. The second-order valence-corrected chi connectivity index (χ2v) is 9.93. The molecular formula is C22H27NO6S. The zero-order valence-corrected chi connectivity index (χ0v) is 18.2. The van der Waals surface area contributed by atoms with Crippen molar-refractivity contribution in [1.29, 1.82) is 0 Å². The summed E-state index contributed by atoms with van der Waals surface area (Å²) < 4.78 is 35.8. The number of rotatable bonds is 6. The molecule has 0 unspecified atom stereocenters. The van der Waals surface area contributed by atoms with Crippen LogP contribution in [0.1, 0.15) is 39.5 Å². The van der Waals surface area contributed by atoms with Crippen molar-refractivity contribution >= 4 is 15.8 Å². The number of carbonyl (C=O) groups is 1. The first-order valence-corrected chi connectivity index (χ1v) is 11.9. The molecular weight excluding hydrogens is 406 g/mol. The quantitative estimate of drug-likeness (QED) is 0.650. The number of hydrogen-bond acceptors (Lipinski definition) is 6. The first-order valence-electron chi connectivity index (χ1n) is 10.0. The molecule has 1 saturated carbocycles. The Kier molecular flexibility index (Phi) is 6.65. The number of nitrogens with zero attached hydrogens (tertiary/aromatic N) is 1. The minimum absolute atomic E-state index is 0.0441. The second kappa shape index (κ2) is 9.04. The SMILES string of the molecule is CC(C)OC(=O)C1CCC(Oc2ccn(-c3ccc(S(C)(=O)=O)cc3)c(=O)c2)CC1. The normalized spacial score (nSPS) is 19.5. The Labute approximate surface area is 176 Å². The molecule has 0 bridgehead atoms. The van der Waals surface area contributed by atoms with Gasteiger partial charge in [0.15, 0.2) is 9.84 Å². The van der Waals surface area contributed by atoms with E-state index in [0.717, 1.165) is 19.1 Å². The van der Waals surface area contributed by atoms with Crippen molar-refractivity contribution in [2.24, 2.45) is 5.92 Å². The van der Waals surface area contributed by atoms with Gasteiger partial charge in [-0.1, -0.05) is 0 Å². The molecule has 7 nitrogen and oxygen atoms in total. The molecule has 0 atom stereocenters. The highest BCUT2D eigenvalue weighted by atomic mass is 32.2. The molecule has 1 aromatic carbocycles. The average Bonchev–Trinajstić information content (AvgIpc) is 2.67. The van der Waals surface area contributed by atoms with Crippen molar-refractivity contribution in [1.82, 2.24) is 4.57 Å². The summed E-state index contributed by atoms with van der Waals surface area (Å²) in [6, 6.07) is 9.27. The summed E-state index contributed by atoms with van der Waals surface area (Å²) in [6.45, 7) is 3.68. The lowest BCUT2D eigenvalue weighted by molar-refractivity contribution is -0.154. The van der Waals surface area contributed by atoms with Gasteiger partial charge in [0.2, 0.25) is 0 Å². The van der Waals surface area contributed by atoms with E-state index in [1.165, 1.54) is 22.8 Å². The molecule has 1 aliphatic carbocycles. The van der Waals surface area contributed by atoms with Crippen LogP contribution in [-0.2, 0) is 19.4 Å². The van der Waals surface area contributed by atoms with Gasteiger partial charge in [-0.15, -0.1) is 0 Å². The van der Waals surface area contributed by atoms with Crippen molar-refractivity contribution in [3.05, 3.63) is 52.9 Å². The van der Waals surface area contributed by atoms with Crippen LogP contribution in [0.3, 0.4) is 0 Å². The van der Waals surface area contributed by atoms with Crippen molar-refractivity contribution < 1.29 is 22.7 Å². The van der Waals surface area contributed by atoms with E-state index in [-0.39, 0.29) is 34.5 Å². The van der Waals surface area contributed by atoms with Gasteiger partial charge in [0, 0.05) is 24.2 Å². The van der Waals surface area contributed by atoms with E-state index >= 15 is 0 Å². The molecule has 0 saturated heterocycles. The van der Waals surface area contributed by atoms with Gasteiger partial charge >= 0.3 is 5.97 Å². The van der Waals surface area contributed by atoms with Crippen molar-refractivity contribution in [2.45, 2.75) is 56.6 Å². The van der Waals surface area contributed by atoms with Gasteiger partial charge in [-0.25, -0.2) is 8.42 Å². The number of ether oxygens (including phenoxy) is 2. The van der Waals surface area contributed by atoms with Crippen LogP contribution in [0.5, 0.6) is 5.75 Å². The molecule has 162 valence electrons. The van der Waals surface area contributed by atoms with E-state index in [0.29, 0.717) is 24.3 Å². The lowest BCUT2D eigenvalue weighted by atomic mass is 9.87. The highest BCUT2D eigenvalue weighted by Crippen LogP contribution is 2.28.